The Balaban J connectivity index is 2.24. The summed E-state index contributed by atoms with van der Waals surface area (Å²) in [6.45, 7) is 2.21. The van der Waals surface area contributed by atoms with Gasteiger partial charge in [0.2, 0.25) is 0 Å². The van der Waals surface area contributed by atoms with Gasteiger partial charge in [-0.25, -0.2) is 0 Å². The van der Waals surface area contributed by atoms with Crippen molar-refractivity contribution >= 4 is 23.5 Å². The fraction of sp³-hybridized carbons (Fsp3) is 0.857. The minimum Gasteiger partial charge on any atom is -0.468 e. The summed E-state index contributed by atoms with van der Waals surface area (Å²) >= 11 is 1.87. The second kappa shape index (κ2) is 8.57. The van der Waals surface area contributed by atoms with Gasteiger partial charge in [-0.2, -0.15) is 11.8 Å². The number of unbranched alkanes of at least 4 members (excludes halogenated alkanes) is 3. The number of hydrogen-bond donors (Lipinski definition) is 0. The standard InChI is InChI=1S/C14H24O3S/c1-3-4-5-6-9-18-10-11-7-8-12(15)13(11)14(16)17-2/h11,13H,3-10H2,1-2H3. The van der Waals surface area contributed by atoms with Gasteiger partial charge in [-0.3, -0.25) is 9.59 Å². The topological polar surface area (TPSA) is 43.4 Å². The average molecular weight is 272 g/mol. The molecule has 18 heavy (non-hydrogen) atoms. The second-order valence-electron chi connectivity index (χ2n) is 4.90. The number of carbonyl (C=O) groups is 2. The summed E-state index contributed by atoms with van der Waals surface area (Å²) in [7, 11) is 1.36. The highest BCUT2D eigenvalue weighted by Gasteiger charge is 2.40. The highest BCUT2D eigenvalue weighted by atomic mass is 32.2. The van der Waals surface area contributed by atoms with Gasteiger partial charge in [0, 0.05) is 6.42 Å². The fourth-order valence-corrected chi connectivity index (χ4v) is 3.65. The molecule has 0 heterocycles. The molecule has 1 saturated carbocycles. The van der Waals surface area contributed by atoms with Gasteiger partial charge in [0.25, 0.3) is 0 Å². The first kappa shape index (κ1) is 15.5. The zero-order valence-corrected chi connectivity index (χ0v) is 12.3. The Labute approximate surface area is 114 Å². The van der Waals surface area contributed by atoms with E-state index in [1.165, 1.54) is 32.8 Å². The molecule has 1 fully saturated rings. The Morgan fingerprint density at radius 2 is 2.17 bits per heavy atom. The SMILES string of the molecule is CCCCCCSCC1CCC(=O)C1C(=O)OC. The van der Waals surface area contributed by atoms with Crippen molar-refractivity contribution in [2.45, 2.75) is 45.4 Å². The molecule has 0 radical (unpaired) electrons. The Hall–Kier alpha value is -0.510. The summed E-state index contributed by atoms with van der Waals surface area (Å²) < 4.78 is 4.73. The maximum absolute atomic E-state index is 11.6. The highest BCUT2D eigenvalue weighted by Crippen LogP contribution is 2.32. The van der Waals surface area contributed by atoms with Gasteiger partial charge in [-0.15, -0.1) is 0 Å². The van der Waals surface area contributed by atoms with E-state index in [-0.39, 0.29) is 17.7 Å². The second-order valence-corrected chi connectivity index (χ2v) is 6.05. The van der Waals surface area contributed by atoms with E-state index >= 15 is 0 Å². The van der Waals surface area contributed by atoms with E-state index in [4.69, 9.17) is 4.74 Å². The number of ketones is 1. The maximum atomic E-state index is 11.6. The Morgan fingerprint density at radius 3 is 2.83 bits per heavy atom. The molecule has 0 saturated heterocycles. The van der Waals surface area contributed by atoms with E-state index in [9.17, 15) is 9.59 Å². The third-order valence-corrected chi connectivity index (χ3v) is 4.75. The monoisotopic (exact) mass is 272 g/mol. The molecule has 2 unspecified atom stereocenters. The minimum atomic E-state index is -0.488. The van der Waals surface area contributed by atoms with Gasteiger partial charge >= 0.3 is 5.97 Å². The van der Waals surface area contributed by atoms with Crippen LogP contribution < -0.4 is 0 Å². The van der Waals surface area contributed by atoms with Crippen molar-refractivity contribution < 1.29 is 14.3 Å². The number of rotatable bonds is 8. The van der Waals surface area contributed by atoms with Crippen LogP contribution in [0, 0.1) is 11.8 Å². The van der Waals surface area contributed by atoms with E-state index in [1.807, 2.05) is 11.8 Å². The van der Waals surface area contributed by atoms with Crippen molar-refractivity contribution in [1.82, 2.24) is 0 Å². The van der Waals surface area contributed by atoms with E-state index in [0.717, 1.165) is 17.9 Å². The van der Waals surface area contributed by atoms with Crippen molar-refractivity contribution in [2.75, 3.05) is 18.6 Å². The van der Waals surface area contributed by atoms with Crippen molar-refractivity contribution in [3.05, 3.63) is 0 Å². The van der Waals surface area contributed by atoms with Crippen LogP contribution in [0.15, 0.2) is 0 Å². The van der Waals surface area contributed by atoms with E-state index in [2.05, 4.69) is 6.92 Å². The lowest BCUT2D eigenvalue weighted by Gasteiger charge is -2.15. The quantitative estimate of drug-likeness (QED) is 0.387. The Bertz CT molecular complexity index is 278. The highest BCUT2D eigenvalue weighted by molar-refractivity contribution is 7.99. The van der Waals surface area contributed by atoms with Crippen molar-refractivity contribution in [3.8, 4) is 0 Å². The molecule has 0 aromatic carbocycles. The summed E-state index contributed by atoms with van der Waals surface area (Å²) in [5.74, 6) is 1.49. The van der Waals surface area contributed by atoms with Crippen LogP contribution in [-0.2, 0) is 14.3 Å². The molecule has 0 aromatic rings. The van der Waals surface area contributed by atoms with Crippen LogP contribution in [-0.4, -0.2) is 30.4 Å². The number of methoxy groups -OCH3 is 1. The fourth-order valence-electron chi connectivity index (χ4n) is 2.41. The molecule has 1 rings (SSSR count). The Morgan fingerprint density at radius 1 is 1.39 bits per heavy atom. The number of ether oxygens (including phenoxy) is 1. The molecular weight excluding hydrogens is 248 g/mol. The molecule has 0 aromatic heterocycles. The molecule has 4 heteroatoms. The minimum absolute atomic E-state index is 0.0680. The lowest BCUT2D eigenvalue weighted by atomic mass is 9.98. The molecule has 1 aliphatic rings. The van der Waals surface area contributed by atoms with Crippen LogP contribution in [0.25, 0.3) is 0 Å². The first-order valence-electron chi connectivity index (χ1n) is 6.89. The predicted molar refractivity (Wildman–Crippen MR) is 74.7 cm³/mol. The summed E-state index contributed by atoms with van der Waals surface area (Å²) in [6.07, 6.45) is 6.47. The Kier molecular flexibility index (Phi) is 7.40. The molecule has 0 bridgehead atoms. The number of carbonyl (C=O) groups excluding carboxylic acids is 2. The number of hydrogen-bond acceptors (Lipinski definition) is 4. The smallest absolute Gasteiger partial charge is 0.316 e. The van der Waals surface area contributed by atoms with Crippen LogP contribution in [0.2, 0.25) is 0 Å². The summed E-state index contributed by atoms with van der Waals surface area (Å²) in [5.41, 5.74) is 0. The van der Waals surface area contributed by atoms with Gasteiger partial charge in [-0.05, 0) is 30.3 Å². The summed E-state index contributed by atoms with van der Waals surface area (Å²) in [5, 5.41) is 0. The molecular formula is C14H24O3S. The molecule has 0 spiro atoms. The zero-order valence-electron chi connectivity index (χ0n) is 11.4. The van der Waals surface area contributed by atoms with Crippen LogP contribution in [0.5, 0.6) is 0 Å². The van der Waals surface area contributed by atoms with E-state index < -0.39 is 5.92 Å². The molecule has 2 atom stereocenters. The largest absolute Gasteiger partial charge is 0.468 e. The number of thioether (sulfide) groups is 1. The zero-order chi connectivity index (χ0) is 13.4. The molecule has 0 N–H and O–H groups in total. The maximum Gasteiger partial charge on any atom is 0.316 e. The molecule has 3 nitrogen and oxygen atoms in total. The molecule has 0 aliphatic heterocycles. The van der Waals surface area contributed by atoms with E-state index in [0.29, 0.717) is 6.42 Å². The summed E-state index contributed by atoms with van der Waals surface area (Å²) in [6, 6.07) is 0. The predicted octanol–water partition coefficient (Wildman–Crippen LogP) is 3.07. The van der Waals surface area contributed by atoms with Crippen LogP contribution in [0.4, 0.5) is 0 Å². The molecule has 1 aliphatic carbocycles. The third kappa shape index (κ3) is 4.63. The van der Waals surface area contributed by atoms with Crippen molar-refractivity contribution in [3.63, 3.8) is 0 Å². The van der Waals surface area contributed by atoms with E-state index in [1.54, 1.807) is 0 Å². The summed E-state index contributed by atoms with van der Waals surface area (Å²) in [4.78, 5) is 23.2. The lowest BCUT2D eigenvalue weighted by Crippen LogP contribution is -2.27. The molecule has 0 amide bonds. The van der Waals surface area contributed by atoms with Gasteiger partial charge in [0.1, 0.15) is 11.7 Å². The average Bonchev–Trinajstić information content (AvgIpc) is 2.74. The lowest BCUT2D eigenvalue weighted by molar-refractivity contribution is -0.149. The number of esters is 1. The van der Waals surface area contributed by atoms with Gasteiger partial charge < -0.3 is 4.74 Å². The van der Waals surface area contributed by atoms with Crippen molar-refractivity contribution in [2.24, 2.45) is 11.8 Å². The van der Waals surface area contributed by atoms with Crippen LogP contribution in [0.1, 0.15) is 45.4 Å². The van der Waals surface area contributed by atoms with Gasteiger partial charge in [0.15, 0.2) is 0 Å². The van der Waals surface area contributed by atoms with Gasteiger partial charge in [-0.1, -0.05) is 26.2 Å². The van der Waals surface area contributed by atoms with Crippen molar-refractivity contribution in [1.29, 1.82) is 0 Å². The number of Topliss-reactive ketones (excluding diaryl/α,β-unsaturated/α-hetero) is 1. The third-order valence-electron chi connectivity index (χ3n) is 3.51. The normalized spacial score (nSPS) is 23.3. The van der Waals surface area contributed by atoms with Crippen LogP contribution >= 0.6 is 11.8 Å². The van der Waals surface area contributed by atoms with Crippen LogP contribution in [0.3, 0.4) is 0 Å². The van der Waals surface area contributed by atoms with Gasteiger partial charge in [0.05, 0.1) is 7.11 Å². The first-order chi connectivity index (χ1) is 8.70. The molecule has 104 valence electrons. The first-order valence-corrected chi connectivity index (χ1v) is 8.04.